The monoisotopic (exact) mass is 490 g/mol. The summed E-state index contributed by atoms with van der Waals surface area (Å²) in [6.45, 7) is 6.43. The number of hydrogen-bond acceptors (Lipinski definition) is 7. The Balaban J connectivity index is 1.72. The number of carbonyl (C=O) groups excluding carboxylic acids is 1. The van der Waals surface area contributed by atoms with Gasteiger partial charge >= 0.3 is 0 Å². The number of aromatic nitrogens is 2. The molecule has 10 heteroatoms. The molecule has 0 aliphatic rings. The second-order valence-electron chi connectivity index (χ2n) is 7.78. The number of rotatable bonds is 9. The Kier molecular flexibility index (Phi) is 7.91. The van der Waals surface area contributed by atoms with Crippen molar-refractivity contribution in [2.24, 2.45) is 5.92 Å². The van der Waals surface area contributed by atoms with Gasteiger partial charge in [0.1, 0.15) is 0 Å². The van der Waals surface area contributed by atoms with E-state index in [1.54, 1.807) is 36.0 Å². The van der Waals surface area contributed by atoms with Gasteiger partial charge < -0.3 is 0 Å². The van der Waals surface area contributed by atoms with Gasteiger partial charge in [-0.3, -0.25) is 14.4 Å². The minimum Gasteiger partial charge on any atom is -0.296 e. The van der Waals surface area contributed by atoms with Crippen LogP contribution in [-0.2, 0) is 16.6 Å². The molecule has 0 spiro atoms. The van der Waals surface area contributed by atoms with Crippen LogP contribution in [0.3, 0.4) is 0 Å². The molecule has 0 radical (unpaired) electrons. The smallest absolute Gasteiger partial charge is 0.257 e. The summed E-state index contributed by atoms with van der Waals surface area (Å²) in [5, 5.41) is 11.3. The van der Waals surface area contributed by atoms with Crippen molar-refractivity contribution in [2.75, 3.05) is 21.6 Å². The molecule has 1 N–H and O–H groups in total. The Bertz CT molecular complexity index is 1180. The Labute approximate surface area is 197 Å². The molecule has 3 aromatic rings. The van der Waals surface area contributed by atoms with Gasteiger partial charge in [0.25, 0.3) is 5.91 Å². The number of benzene rings is 2. The van der Waals surface area contributed by atoms with Crippen LogP contribution >= 0.6 is 23.1 Å². The van der Waals surface area contributed by atoms with E-state index in [-0.39, 0.29) is 12.5 Å². The van der Waals surface area contributed by atoms with Gasteiger partial charge in [-0.1, -0.05) is 61.2 Å². The number of carbonyl (C=O) groups is 1. The number of nitrogens with zero attached hydrogens (tertiary/aromatic N) is 3. The van der Waals surface area contributed by atoms with Gasteiger partial charge in [-0.05, 0) is 48.2 Å². The molecule has 0 saturated heterocycles. The van der Waals surface area contributed by atoms with E-state index in [0.29, 0.717) is 22.3 Å². The fourth-order valence-corrected chi connectivity index (χ4v) is 5.45. The number of sulfonamides is 1. The van der Waals surface area contributed by atoms with Crippen molar-refractivity contribution < 1.29 is 13.2 Å². The first-order valence-electron chi connectivity index (χ1n) is 10.0. The Morgan fingerprint density at radius 1 is 1.12 bits per heavy atom. The average molecular weight is 491 g/mol. The third kappa shape index (κ3) is 6.54. The summed E-state index contributed by atoms with van der Waals surface area (Å²) in [4.78, 5) is 12.6. The third-order valence-electron chi connectivity index (χ3n) is 4.56. The lowest BCUT2D eigenvalue weighted by molar-refractivity contribution is 0.102. The molecule has 1 aromatic heterocycles. The van der Waals surface area contributed by atoms with Gasteiger partial charge in [0.2, 0.25) is 15.2 Å². The molecule has 1 heterocycles. The van der Waals surface area contributed by atoms with Crippen LogP contribution in [0.4, 0.5) is 10.8 Å². The lowest BCUT2D eigenvalue weighted by Gasteiger charge is -2.23. The van der Waals surface area contributed by atoms with E-state index in [4.69, 9.17) is 0 Å². The minimum absolute atomic E-state index is 0.221. The van der Waals surface area contributed by atoms with E-state index in [0.717, 1.165) is 21.2 Å². The van der Waals surface area contributed by atoms with E-state index in [1.807, 2.05) is 31.2 Å². The van der Waals surface area contributed by atoms with Crippen LogP contribution in [0.25, 0.3) is 0 Å². The number of nitrogens with one attached hydrogen (secondary N) is 1. The van der Waals surface area contributed by atoms with Gasteiger partial charge in [-0.15, -0.1) is 10.2 Å². The highest BCUT2D eigenvalue weighted by atomic mass is 32.2. The summed E-state index contributed by atoms with van der Waals surface area (Å²) in [7, 11) is -3.51. The Morgan fingerprint density at radius 3 is 2.44 bits per heavy atom. The average Bonchev–Trinajstić information content (AvgIpc) is 3.18. The third-order valence-corrected chi connectivity index (χ3v) is 8.10. The van der Waals surface area contributed by atoms with Crippen LogP contribution in [0, 0.1) is 12.8 Å². The summed E-state index contributed by atoms with van der Waals surface area (Å²) in [5.41, 5.74) is 2.84. The first-order valence-corrected chi connectivity index (χ1v) is 13.7. The normalized spacial score (nSPS) is 11.5. The highest BCUT2D eigenvalue weighted by molar-refractivity contribution is 8.01. The first-order chi connectivity index (χ1) is 15.1. The van der Waals surface area contributed by atoms with Gasteiger partial charge in [-0.2, -0.15) is 0 Å². The van der Waals surface area contributed by atoms with Crippen LogP contribution in [0.2, 0.25) is 0 Å². The fraction of sp³-hybridized carbons (Fsp3) is 0.318. The van der Waals surface area contributed by atoms with Crippen molar-refractivity contribution in [3.63, 3.8) is 0 Å². The summed E-state index contributed by atoms with van der Waals surface area (Å²) in [6, 6.07) is 14.1. The van der Waals surface area contributed by atoms with Crippen molar-refractivity contribution in [3.8, 4) is 0 Å². The molecule has 1 amide bonds. The van der Waals surface area contributed by atoms with Crippen LogP contribution < -0.4 is 9.62 Å². The van der Waals surface area contributed by atoms with E-state index >= 15 is 0 Å². The van der Waals surface area contributed by atoms with E-state index in [9.17, 15) is 13.2 Å². The Hall–Kier alpha value is -2.43. The first kappa shape index (κ1) is 24.2. The zero-order chi connectivity index (χ0) is 23.3. The largest absolute Gasteiger partial charge is 0.296 e. The second kappa shape index (κ2) is 10.5. The van der Waals surface area contributed by atoms with E-state index in [1.165, 1.54) is 21.9 Å². The quantitative estimate of drug-likeness (QED) is 0.342. The maximum absolute atomic E-state index is 12.6. The molecule has 0 aliphatic carbocycles. The molecule has 2 aromatic carbocycles. The zero-order valence-electron chi connectivity index (χ0n) is 18.4. The number of amides is 1. The van der Waals surface area contributed by atoms with Crippen LogP contribution in [-0.4, -0.2) is 36.5 Å². The standard InChI is InChI=1S/C22H26N4O3S3/c1-15(2)14-30-22-25-24-21(31-22)23-20(27)17-9-11-19(12-10-17)26(32(4,28)29)13-18-8-6-5-7-16(18)3/h5-12,15H,13-14H2,1-4H3,(H,23,24,27). The highest BCUT2D eigenvalue weighted by Crippen LogP contribution is 2.27. The minimum atomic E-state index is -3.51. The molecular formula is C22H26N4O3S3. The molecule has 0 fully saturated rings. The molecule has 3 rings (SSSR count). The number of hydrogen-bond donors (Lipinski definition) is 1. The molecule has 0 aliphatic heterocycles. The summed E-state index contributed by atoms with van der Waals surface area (Å²) in [6.07, 6.45) is 1.18. The molecule has 170 valence electrons. The molecule has 32 heavy (non-hydrogen) atoms. The topological polar surface area (TPSA) is 92.3 Å². The maximum atomic E-state index is 12.6. The molecule has 0 unspecified atom stereocenters. The lowest BCUT2D eigenvalue weighted by Crippen LogP contribution is -2.29. The number of thioether (sulfide) groups is 1. The molecule has 0 bridgehead atoms. The lowest BCUT2D eigenvalue weighted by atomic mass is 10.1. The van der Waals surface area contributed by atoms with Crippen molar-refractivity contribution in [1.82, 2.24) is 10.2 Å². The van der Waals surface area contributed by atoms with Crippen molar-refractivity contribution in [3.05, 3.63) is 65.2 Å². The van der Waals surface area contributed by atoms with Crippen LogP contribution in [0.1, 0.15) is 35.3 Å². The highest BCUT2D eigenvalue weighted by Gasteiger charge is 2.19. The molecule has 0 saturated carbocycles. The zero-order valence-corrected chi connectivity index (χ0v) is 20.9. The van der Waals surface area contributed by atoms with Gasteiger partial charge in [-0.25, -0.2) is 8.42 Å². The molecular weight excluding hydrogens is 464 g/mol. The van der Waals surface area contributed by atoms with E-state index in [2.05, 4.69) is 29.4 Å². The van der Waals surface area contributed by atoms with Crippen molar-refractivity contribution >= 4 is 49.8 Å². The van der Waals surface area contributed by atoms with Gasteiger partial charge in [0, 0.05) is 11.3 Å². The number of anilines is 2. The summed E-state index contributed by atoms with van der Waals surface area (Å²) in [5.74, 6) is 1.15. The van der Waals surface area contributed by atoms with Gasteiger partial charge in [0.05, 0.1) is 18.5 Å². The second-order valence-corrected chi connectivity index (χ2v) is 11.9. The Morgan fingerprint density at radius 2 is 1.81 bits per heavy atom. The fourth-order valence-electron chi connectivity index (χ4n) is 2.85. The molecule has 0 atom stereocenters. The summed E-state index contributed by atoms with van der Waals surface area (Å²) < 4.78 is 27.0. The van der Waals surface area contributed by atoms with Crippen molar-refractivity contribution in [1.29, 1.82) is 0 Å². The number of aryl methyl sites for hydroxylation is 1. The molecule has 7 nitrogen and oxygen atoms in total. The van der Waals surface area contributed by atoms with Crippen LogP contribution in [0.5, 0.6) is 0 Å². The summed E-state index contributed by atoms with van der Waals surface area (Å²) >= 11 is 2.95. The van der Waals surface area contributed by atoms with Gasteiger partial charge in [0.15, 0.2) is 4.34 Å². The maximum Gasteiger partial charge on any atom is 0.257 e. The predicted octanol–water partition coefficient (Wildman–Crippen LogP) is 4.81. The predicted molar refractivity (Wildman–Crippen MR) is 132 cm³/mol. The van der Waals surface area contributed by atoms with E-state index < -0.39 is 10.0 Å². The van der Waals surface area contributed by atoms with Crippen LogP contribution in [0.15, 0.2) is 52.9 Å². The van der Waals surface area contributed by atoms with Crippen molar-refractivity contribution in [2.45, 2.75) is 31.7 Å². The SMILES string of the molecule is Cc1ccccc1CN(c1ccc(C(=O)Nc2nnc(SCC(C)C)s2)cc1)S(C)(=O)=O.